The van der Waals surface area contributed by atoms with Crippen LogP contribution in [0.3, 0.4) is 0 Å². The minimum atomic E-state index is -3.69. The first-order chi connectivity index (χ1) is 16.4. The monoisotopic (exact) mass is 477 g/mol. The summed E-state index contributed by atoms with van der Waals surface area (Å²) in [6, 6.07) is 22.2. The minimum absolute atomic E-state index is 0.166. The molecule has 0 amide bonds. The van der Waals surface area contributed by atoms with Gasteiger partial charge in [-0.2, -0.15) is 0 Å². The highest BCUT2D eigenvalue weighted by Gasteiger charge is 2.30. The molecule has 1 unspecified atom stereocenters. The van der Waals surface area contributed by atoms with E-state index in [9.17, 15) is 18.0 Å². The SMILES string of the molecule is COC(=O)C(OC(=O)/C=C/c1ccc(S(=O)(=O)N2CCc3ccccc32)cc1)c1ccccc1. The summed E-state index contributed by atoms with van der Waals surface area (Å²) in [6.45, 7) is 0.401. The molecule has 0 fully saturated rings. The second-order valence-corrected chi connectivity index (χ2v) is 9.47. The Morgan fingerprint density at radius 3 is 2.32 bits per heavy atom. The number of benzene rings is 3. The molecule has 8 heteroatoms. The molecule has 174 valence electrons. The number of carbonyl (C=O) groups excluding carboxylic acids is 2. The molecule has 0 saturated carbocycles. The topological polar surface area (TPSA) is 90.0 Å². The van der Waals surface area contributed by atoms with Gasteiger partial charge in [0.05, 0.1) is 17.7 Å². The van der Waals surface area contributed by atoms with E-state index in [2.05, 4.69) is 0 Å². The zero-order valence-corrected chi connectivity index (χ0v) is 19.3. The van der Waals surface area contributed by atoms with Crippen LogP contribution in [0.25, 0.3) is 6.08 Å². The van der Waals surface area contributed by atoms with Crippen molar-refractivity contribution >= 4 is 33.7 Å². The van der Waals surface area contributed by atoms with Gasteiger partial charge >= 0.3 is 11.9 Å². The highest BCUT2D eigenvalue weighted by molar-refractivity contribution is 7.92. The standard InChI is InChI=1S/C26H23NO6S/c1-32-26(29)25(21-8-3-2-4-9-21)33-24(28)16-13-19-11-14-22(15-12-19)34(30,31)27-18-17-20-7-5-6-10-23(20)27/h2-16,25H,17-18H2,1H3/b16-13+. The highest BCUT2D eigenvalue weighted by Crippen LogP contribution is 2.32. The van der Waals surface area contributed by atoms with Crippen molar-refractivity contribution in [2.45, 2.75) is 17.4 Å². The number of hydrogen-bond acceptors (Lipinski definition) is 6. The predicted octanol–water partition coefficient (Wildman–Crippen LogP) is 3.91. The van der Waals surface area contributed by atoms with E-state index >= 15 is 0 Å². The van der Waals surface area contributed by atoms with Gasteiger partial charge in [0.15, 0.2) is 0 Å². The van der Waals surface area contributed by atoms with Crippen LogP contribution < -0.4 is 4.31 Å². The van der Waals surface area contributed by atoms with E-state index in [0.717, 1.165) is 5.56 Å². The van der Waals surface area contributed by atoms with Crippen LogP contribution in [-0.4, -0.2) is 34.0 Å². The van der Waals surface area contributed by atoms with Gasteiger partial charge in [0.1, 0.15) is 0 Å². The molecule has 3 aromatic carbocycles. The van der Waals surface area contributed by atoms with E-state index in [-0.39, 0.29) is 4.90 Å². The average Bonchev–Trinajstić information content (AvgIpc) is 3.31. The van der Waals surface area contributed by atoms with Gasteiger partial charge in [0, 0.05) is 18.2 Å². The van der Waals surface area contributed by atoms with Gasteiger partial charge in [0.25, 0.3) is 10.0 Å². The Morgan fingerprint density at radius 1 is 0.941 bits per heavy atom. The number of methoxy groups -OCH3 is 1. The summed E-state index contributed by atoms with van der Waals surface area (Å²) in [5.41, 5.74) is 2.80. The summed E-state index contributed by atoms with van der Waals surface area (Å²) in [7, 11) is -2.47. The highest BCUT2D eigenvalue weighted by atomic mass is 32.2. The summed E-state index contributed by atoms with van der Waals surface area (Å²) < 4.78 is 37.7. The molecule has 1 aliphatic rings. The normalized spacial score (nSPS) is 14.0. The van der Waals surface area contributed by atoms with Crippen LogP contribution >= 0.6 is 0 Å². The van der Waals surface area contributed by atoms with Crippen LogP contribution in [0.5, 0.6) is 0 Å². The Balaban J connectivity index is 1.45. The second-order valence-electron chi connectivity index (χ2n) is 7.61. The lowest BCUT2D eigenvalue weighted by atomic mass is 10.1. The summed E-state index contributed by atoms with van der Waals surface area (Å²) in [4.78, 5) is 24.5. The fourth-order valence-electron chi connectivity index (χ4n) is 3.74. The van der Waals surface area contributed by atoms with Crippen molar-refractivity contribution in [3.05, 3.63) is 102 Å². The van der Waals surface area contributed by atoms with Gasteiger partial charge < -0.3 is 9.47 Å². The molecule has 0 spiro atoms. The zero-order valence-electron chi connectivity index (χ0n) is 18.5. The largest absolute Gasteiger partial charge is 0.466 e. The lowest BCUT2D eigenvalue weighted by Crippen LogP contribution is -2.29. The molecule has 0 bridgehead atoms. The third-order valence-electron chi connectivity index (χ3n) is 5.48. The second kappa shape index (κ2) is 9.93. The molecule has 0 radical (unpaired) electrons. The van der Waals surface area contributed by atoms with Crippen LogP contribution in [0.2, 0.25) is 0 Å². The van der Waals surface area contributed by atoms with Crippen LogP contribution in [-0.2, 0) is 35.5 Å². The molecular formula is C26H23NO6S. The molecule has 1 atom stereocenters. The summed E-state index contributed by atoms with van der Waals surface area (Å²) in [5.74, 6) is -1.42. The first-order valence-corrected chi connectivity index (χ1v) is 12.1. The third kappa shape index (κ3) is 4.87. The first-order valence-electron chi connectivity index (χ1n) is 10.6. The van der Waals surface area contributed by atoms with Gasteiger partial charge in [-0.3, -0.25) is 4.31 Å². The number of sulfonamides is 1. The van der Waals surface area contributed by atoms with Crippen molar-refractivity contribution in [3.63, 3.8) is 0 Å². The van der Waals surface area contributed by atoms with E-state index in [1.165, 1.54) is 35.7 Å². The minimum Gasteiger partial charge on any atom is -0.466 e. The third-order valence-corrected chi connectivity index (χ3v) is 7.30. The summed E-state index contributed by atoms with van der Waals surface area (Å²) in [5, 5.41) is 0. The van der Waals surface area contributed by atoms with Crippen molar-refractivity contribution in [3.8, 4) is 0 Å². The Labute approximate surface area is 198 Å². The molecule has 0 saturated heterocycles. The number of anilines is 1. The molecule has 0 aromatic heterocycles. The molecule has 7 nitrogen and oxygen atoms in total. The molecule has 1 aliphatic heterocycles. The van der Waals surface area contributed by atoms with Crippen molar-refractivity contribution in [2.75, 3.05) is 18.0 Å². The number of hydrogen-bond donors (Lipinski definition) is 0. The Bertz CT molecular complexity index is 1320. The van der Waals surface area contributed by atoms with Crippen molar-refractivity contribution < 1.29 is 27.5 Å². The lowest BCUT2D eigenvalue weighted by molar-refractivity contribution is -0.163. The molecule has 0 aliphatic carbocycles. The fraction of sp³-hybridized carbons (Fsp3) is 0.154. The average molecular weight is 478 g/mol. The van der Waals surface area contributed by atoms with Crippen LogP contribution in [0.1, 0.15) is 22.8 Å². The molecule has 4 rings (SSSR count). The number of nitrogens with zero attached hydrogens (tertiary/aromatic N) is 1. The maximum Gasteiger partial charge on any atom is 0.351 e. The van der Waals surface area contributed by atoms with Gasteiger partial charge in [-0.25, -0.2) is 18.0 Å². The van der Waals surface area contributed by atoms with Gasteiger partial charge in [-0.1, -0.05) is 60.7 Å². The number of ether oxygens (including phenoxy) is 2. The number of esters is 2. The van der Waals surface area contributed by atoms with E-state index in [1.807, 2.05) is 18.2 Å². The Hall–Kier alpha value is -3.91. The van der Waals surface area contributed by atoms with Crippen molar-refractivity contribution in [1.29, 1.82) is 0 Å². The van der Waals surface area contributed by atoms with E-state index in [0.29, 0.717) is 29.8 Å². The van der Waals surface area contributed by atoms with E-state index in [4.69, 9.17) is 9.47 Å². The van der Waals surface area contributed by atoms with Crippen LogP contribution in [0, 0.1) is 0 Å². The molecular weight excluding hydrogens is 454 g/mol. The van der Waals surface area contributed by atoms with Crippen molar-refractivity contribution in [2.24, 2.45) is 0 Å². The molecule has 34 heavy (non-hydrogen) atoms. The van der Waals surface area contributed by atoms with E-state index in [1.54, 1.807) is 48.5 Å². The molecule has 0 N–H and O–H groups in total. The van der Waals surface area contributed by atoms with Crippen LogP contribution in [0.4, 0.5) is 5.69 Å². The van der Waals surface area contributed by atoms with E-state index < -0.39 is 28.1 Å². The van der Waals surface area contributed by atoms with Gasteiger partial charge in [0.2, 0.25) is 6.10 Å². The number of rotatable bonds is 7. The first kappa shape index (κ1) is 23.3. The fourth-order valence-corrected chi connectivity index (χ4v) is 5.25. The predicted molar refractivity (Wildman–Crippen MR) is 127 cm³/mol. The smallest absolute Gasteiger partial charge is 0.351 e. The zero-order chi connectivity index (χ0) is 24.1. The number of para-hydroxylation sites is 1. The van der Waals surface area contributed by atoms with Gasteiger partial charge in [-0.15, -0.1) is 0 Å². The van der Waals surface area contributed by atoms with Crippen molar-refractivity contribution in [1.82, 2.24) is 0 Å². The summed E-state index contributed by atoms with van der Waals surface area (Å²) in [6.07, 6.45) is 2.16. The number of fused-ring (bicyclic) bond motifs is 1. The van der Waals surface area contributed by atoms with Gasteiger partial charge in [-0.05, 0) is 41.8 Å². The molecule has 3 aromatic rings. The lowest BCUT2D eigenvalue weighted by Gasteiger charge is -2.19. The Morgan fingerprint density at radius 2 is 1.62 bits per heavy atom. The van der Waals surface area contributed by atoms with Crippen LogP contribution in [0.15, 0.2) is 89.8 Å². The number of carbonyl (C=O) groups is 2. The summed E-state index contributed by atoms with van der Waals surface area (Å²) >= 11 is 0. The maximum atomic E-state index is 13.1. The quantitative estimate of drug-likeness (QED) is 0.379. The Kier molecular flexibility index (Phi) is 6.79. The molecule has 1 heterocycles. The maximum absolute atomic E-state index is 13.1.